The lowest BCUT2D eigenvalue weighted by atomic mass is 10.1. The summed E-state index contributed by atoms with van der Waals surface area (Å²) in [5.41, 5.74) is -0.405. The third-order valence-corrected chi connectivity index (χ3v) is 2.85. The molecule has 2 N–H and O–H groups in total. The van der Waals surface area contributed by atoms with Gasteiger partial charge in [0.1, 0.15) is 5.82 Å². The van der Waals surface area contributed by atoms with E-state index in [1.165, 1.54) is 0 Å². The number of hydrogen-bond acceptors (Lipinski definition) is 4. The molecule has 102 valence electrons. The molecule has 6 nitrogen and oxygen atoms in total. The summed E-state index contributed by atoms with van der Waals surface area (Å²) in [6.45, 7) is 7.87. The molecule has 0 aliphatic heterocycles. The van der Waals surface area contributed by atoms with Crippen LogP contribution in [0, 0.1) is 0 Å². The predicted octanol–water partition coefficient (Wildman–Crippen LogP) is 1.89. The van der Waals surface area contributed by atoms with Crippen molar-refractivity contribution in [2.45, 2.75) is 39.3 Å². The molecule has 1 atom stereocenters. The molecule has 0 amide bonds. The fraction of sp³-hybridized carbons (Fsp3) is 0.462. The molecule has 2 aromatic heterocycles. The highest BCUT2D eigenvalue weighted by atomic mass is 16.1. The highest BCUT2D eigenvalue weighted by molar-refractivity contribution is 5.33. The van der Waals surface area contributed by atoms with E-state index in [0.29, 0.717) is 5.82 Å². The number of rotatable bonds is 3. The van der Waals surface area contributed by atoms with E-state index in [0.717, 1.165) is 5.82 Å². The molecule has 0 aromatic carbocycles. The molecule has 1 unspecified atom stereocenters. The zero-order valence-electron chi connectivity index (χ0n) is 11.6. The minimum Gasteiger partial charge on any atom is -0.356 e. The Morgan fingerprint density at radius 3 is 2.63 bits per heavy atom. The Kier molecular flexibility index (Phi) is 3.42. The van der Waals surface area contributed by atoms with E-state index in [2.05, 4.69) is 20.3 Å². The molecule has 0 spiro atoms. The molecule has 0 fully saturated rings. The highest BCUT2D eigenvalue weighted by Gasteiger charge is 2.18. The second kappa shape index (κ2) is 4.87. The van der Waals surface area contributed by atoms with Crippen molar-refractivity contribution in [2.24, 2.45) is 0 Å². The highest BCUT2D eigenvalue weighted by Crippen LogP contribution is 2.14. The first kappa shape index (κ1) is 13.3. The predicted molar refractivity (Wildman–Crippen MR) is 74.1 cm³/mol. The quantitative estimate of drug-likeness (QED) is 0.884. The van der Waals surface area contributed by atoms with Gasteiger partial charge in [-0.1, -0.05) is 0 Å². The second-order valence-corrected chi connectivity index (χ2v) is 5.46. The fourth-order valence-corrected chi connectivity index (χ4v) is 1.83. The van der Waals surface area contributed by atoms with Crippen LogP contribution in [0.2, 0.25) is 0 Å². The van der Waals surface area contributed by atoms with Crippen LogP contribution in [0.1, 0.15) is 39.6 Å². The number of imidazole rings is 1. The molecule has 0 aliphatic carbocycles. The summed E-state index contributed by atoms with van der Waals surface area (Å²) in [7, 11) is 0. The number of nitrogens with zero attached hydrogens (tertiary/aromatic N) is 3. The lowest BCUT2D eigenvalue weighted by Gasteiger charge is -2.23. The molecule has 2 aromatic rings. The van der Waals surface area contributed by atoms with Gasteiger partial charge >= 0.3 is 0 Å². The average Bonchev–Trinajstić information content (AvgIpc) is 2.83. The maximum atomic E-state index is 12.3. The van der Waals surface area contributed by atoms with Crippen LogP contribution in [0.3, 0.4) is 0 Å². The van der Waals surface area contributed by atoms with Gasteiger partial charge in [0.15, 0.2) is 5.82 Å². The molecule has 2 heterocycles. The largest absolute Gasteiger partial charge is 0.356 e. The molecule has 0 radical (unpaired) electrons. The van der Waals surface area contributed by atoms with Gasteiger partial charge in [0, 0.05) is 30.3 Å². The van der Waals surface area contributed by atoms with Crippen LogP contribution in [-0.4, -0.2) is 19.5 Å². The Balaban J connectivity index is 2.30. The first-order valence-electron chi connectivity index (χ1n) is 6.23. The molecule has 0 saturated carbocycles. The van der Waals surface area contributed by atoms with E-state index in [1.807, 2.05) is 27.7 Å². The zero-order chi connectivity index (χ0) is 14.0. The van der Waals surface area contributed by atoms with Gasteiger partial charge in [-0.25, -0.2) is 9.97 Å². The Labute approximate surface area is 111 Å². The normalized spacial score (nSPS) is 13.3. The number of aromatic amines is 1. The third kappa shape index (κ3) is 2.83. The SMILES string of the molecule is CC(Nc1nccn(C(C)(C)C)c1=O)c1ncc[nH]1. The number of H-pyrrole nitrogens is 1. The van der Waals surface area contributed by atoms with Crippen LogP contribution in [0.4, 0.5) is 5.82 Å². The molecule has 19 heavy (non-hydrogen) atoms. The van der Waals surface area contributed by atoms with Crippen molar-refractivity contribution < 1.29 is 0 Å². The Morgan fingerprint density at radius 2 is 2.05 bits per heavy atom. The maximum Gasteiger partial charge on any atom is 0.293 e. The molecule has 0 aliphatic rings. The number of nitrogens with one attached hydrogen (secondary N) is 2. The van der Waals surface area contributed by atoms with Crippen molar-refractivity contribution >= 4 is 5.82 Å². The summed E-state index contributed by atoms with van der Waals surface area (Å²) < 4.78 is 1.66. The van der Waals surface area contributed by atoms with Gasteiger partial charge in [0.25, 0.3) is 5.56 Å². The Bertz CT molecular complexity index is 594. The minimum atomic E-state index is -0.273. The van der Waals surface area contributed by atoms with Crippen LogP contribution in [0.25, 0.3) is 0 Å². The van der Waals surface area contributed by atoms with E-state index in [1.54, 1.807) is 29.4 Å². The van der Waals surface area contributed by atoms with Crippen molar-refractivity contribution in [1.29, 1.82) is 0 Å². The van der Waals surface area contributed by atoms with E-state index in [9.17, 15) is 4.79 Å². The average molecular weight is 261 g/mol. The van der Waals surface area contributed by atoms with E-state index in [-0.39, 0.29) is 17.1 Å². The van der Waals surface area contributed by atoms with Crippen molar-refractivity contribution in [3.05, 3.63) is 41.0 Å². The first-order valence-corrected chi connectivity index (χ1v) is 6.23. The van der Waals surface area contributed by atoms with E-state index in [4.69, 9.17) is 0 Å². The van der Waals surface area contributed by atoms with Crippen molar-refractivity contribution in [3.8, 4) is 0 Å². The van der Waals surface area contributed by atoms with Crippen LogP contribution < -0.4 is 10.9 Å². The standard InChI is InChI=1S/C13H19N5O/c1-9(10-14-5-6-15-10)17-11-12(19)18(8-7-16-11)13(2,3)4/h5-9H,1-4H3,(H,14,15)(H,16,17). The summed E-state index contributed by atoms with van der Waals surface area (Å²) in [6.07, 6.45) is 6.76. The van der Waals surface area contributed by atoms with Gasteiger partial charge in [0.05, 0.1) is 6.04 Å². The second-order valence-electron chi connectivity index (χ2n) is 5.46. The van der Waals surface area contributed by atoms with Gasteiger partial charge in [-0.3, -0.25) is 4.79 Å². The summed E-state index contributed by atoms with van der Waals surface area (Å²) in [4.78, 5) is 23.6. The monoisotopic (exact) mass is 261 g/mol. The summed E-state index contributed by atoms with van der Waals surface area (Å²) in [5.74, 6) is 1.11. The number of aromatic nitrogens is 4. The van der Waals surface area contributed by atoms with E-state index >= 15 is 0 Å². The van der Waals surface area contributed by atoms with Gasteiger partial charge in [0.2, 0.25) is 0 Å². The maximum absolute atomic E-state index is 12.3. The lowest BCUT2D eigenvalue weighted by molar-refractivity contribution is 0.383. The number of anilines is 1. The van der Waals surface area contributed by atoms with Crippen molar-refractivity contribution in [3.63, 3.8) is 0 Å². The van der Waals surface area contributed by atoms with Gasteiger partial charge < -0.3 is 14.9 Å². The van der Waals surface area contributed by atoms with Crippen molar-refractivity contribution in [1.82, 2.24) is 19.5 Å². The smallest absolute Gasteiger partial charge is 0.293 e. The van der Waals surface area contributed by atoms with Crippen LogP contribution in [0.15, 0.2) is 29.6 Å². The molecule has 2 rings (SSSR count). The lowest BCUT2D eigenvalue weighted by Crippen LogP contribution is -2.35. The molecule has 0 bridgehead atoms. The molecule has 0 saturated heterocycles. The summed E-state index contributed by atoms with van der Waals surface area (Å²) >= 11 is 0. The summed E-state index contributed by atoms with van der Waals surface area (Å²) in [6, 6.07) is -0.106. The van der Waals surface area contributed by atoms with Crippen molar-refractivity contribution in [2.75, 3.05) is 5.32 Å². The summed E-state index contributed by atoms with van der Waals surface area (Å²) in [5, 5.41) is 3.09. The molecule has 6 heteroatoms. The first-order chi connectivity index (χ1) is 8.89. The zero-order valence-corrected chi connectivity index (χ0v) is 11.6. The van der Waals surface area contributed by atoms with Gasteiger partial charge in [-0.15, -0.1) is 0 Å². The van der Waals surface area contributed by atoms with Crippen LogP contribution >= 0.6 is 0 Å². The molecular formula is C13H19N5O. The van der Waals surface area contributed by atoms with Gasteiger partial charge in [-0.2, -0.15) is 0 Å². The molecular weight excluding hydrogens is 242 g/mol. The fourth-order valence-electron chi connectivity index (χ4n) is 1.83. The third-order valence-electron chi connectivity index (χ3n) is 2.85. The van der Waals surface area contributed by atoms with Gasteiger partial charge in [-0.05, 0) is 27.7 Å². The minimum absolute atomic E-state index is 0.106. The van der Waals surface area contributed by atoms with Crippen LogP contribution in [-0.2, 0) is 5.54 Å². The Morgan fingerprint density at radius 1 is 1.32 bits per heavy atom. The number of hydrogen-bond donors (Lipinski definition) is 2. The van der Waals surface area contributed by atoms with Crippen LogP contribution in [0.5, 0.6) is 0 Å². The Hall–Kier alpha value is -2.11. The van der Waals surface area contributed by atoms with E-state index < -0.39 is 0 Å². The topological polar surface area (TPSA) is 75.6 Å².